The van der Waals surface area contributed by atoms with E-state index in [9.17, 15) is 9.18 Å². The molecule has 3 nitrogen and oxygen atoms in total. The van der Waals surface area contributed by atoms with Crippen LogP contribution in [0.5, 0.6) is 0 Å². The van der Waals surface area contributed by atoms with Gasteiger partial charge in [-0.15, -0.1) is 0 Å². The van der Waals surface area contributed by atoms with Gasteiger partial charge < -0.3 is 0 Å². The van der Waals surface area contributed by atoms with Crippen molar-refractivity contribution in [2.45, 2.75) is 19.5 Å². The summed E-state index contributed by atoms with van der Waals surface area (Å²) in [5, 5.41) is 1.03. The van der Waals surface area contributed by atoms with Gasteiger partial charge in [-0.1, -0.05) is 24.3 Å². The molecule has 4 heteroatoms. The summed E-state index contributed by atoms with van der Waals surface area (Å²) in [7, 11) is 2.84. The number of rotatable bonds is 4. The predicted molar refractivity (Wildman–Crippen MR) is 59.4 cm³/mol. The fraction of sp³-hybridized carbons (Fsp3) is 0.417. The van der Waals surface area contributed by atoms with Crippen molar-refractivity contribution in [1.82, 2.24) is 5.06 Å². The molecule has 0 aliphatic heterocycles. The zero-order chi connectivity index (χ0) is 12.1. The van der Waals surface area contributed by atoms with E-state index >= 15 is 0 Å². The first-order valence-corrected chi connectivity index (χ1v) is 5.06. The van der Waals surface area contributed by atoms with Crippen LogP contribution in [0.15, 0.2) is 24.3 Å². The number of benzene rings is 1. The maximum Gasteiger partial charge on any atom is 0.249 e. The van der Waals surface area contributed by atoms with E-state index in [0.717, 1.165) is 10.6 Å². The number of hydrogen-bond acceptors (Lipinski definition) is 2. The van der Waals surface area contributed by atoms with Crippen molar-refractivity contribution in [3.63, 3.8) is 0 Å². The summed E-state index contributed by atoms with van der Waals surface area (Å²) in [6, 6.07) is 7.13. The molecule has 0 heterocycles. The Hall–Kier alpha value is -1.42. The maximum atomic E-state index is 13.8. The minimum Gasteiger partial charge on any atom is -0.275 e. The molecule has 0 N–H and O–H groups in total. The highest BCUT2D eigenvalue weighted by atomic mass is 19.1. The van der Waals surface area contributed by atoms with Crippen molar-refractivity contribution in [2.24, 2.45) is 0 Å². The van der Waals surface area contributed by atoms with Gasteiger partial charge in [0.15, 0.2) is 0 Å². The van der Waals surface area contributed by atoms with E-state index in [1.165, 1.54) is 14.2 Å². The predicted octanol–water partition coefficient (Wildman–Crippen LogP) is 2.42. The summed E-state index contributed by atoms with van der Waals surface area (Å²) in [5.41, 5.74) is 1.41. The Kier molecular flexibility index (Phi) is 4.43. The van der Waals surface area contributed by atoms with Crippen LogP contribution in [0.25, 0.3) is 0 Å². The van der Waals surface area contributed by atoms with Crippen molar-refractivity contribution < 1.29 is 14.0 Å². The molecule has 1 atom stereocenters. The first-order valence-electron chi connectivity index (χ1n) is 5.06. The minimum absolute atomic E-state index is 0.199. The molecule has 0 fully saturated rings. The van der Waals surface area contributed by atoms with Crippen LogP contribution in [0.3, 0.4) is 0 Å². The van der Waals surface area contributed by atoms with Crippen LogP contribution in [0, 0.1) is 6.92 Å². The average Bonchev–Trinajstić information content (AvgIpc) is 2.28. The molecule has 0 saturated carbocycles. The van der Waals surface area contributed by atoms with E-state index in [2.05, 4.69) is 0 Å². The van der Waals surface area contributed by atoms with Gasteiger partial charge in [-0.2, -0.15) is 0 Å². The van der Waals surface area contributed by atoms with Crippen molar-refractivity contribution in [3.8, 4) is 0 Å². The highest BCUT2D eigenvalue weighted by Crippen LogP contribution is 2.24. The Morgan fingerprint density at radius 1 is 1.50 bits per heavy atom. The molecule has 0 bridgehead atoms. The van der Waals surface area contributed by atoms with Crippen molar-refractivity contribution in [2.75, 3.05) is 14.2 Å². The van der Waals surface area contributed by atoms with Gasteiger partial charge in [-0.25, -0.2) is 9.45 Å². The van der Waals surface area contributed by atoms with E-state index in [1.54, 1.807) is 12.1 Å². The quantitative estimate of drug-likeness (QED) is 0.736. The topological polar surface area (TPSA) is 29.5 Å². The van der Waals surface area contributed by atoms with Crippen LogP contribution in [0.4, 0.5) is 4.39 Å². The summed E-state index contributed by atoms with van der Waals surface area (Å²) in [4.78, 5) is 16.1. The van der Waals surface area contributed by atoms with Gasteiger partial charge in [0.1, 0.15) is 6.17 Å². The molecular formula is C12H16FNO2. The Bertz CT molecular complexity index is 368. The molecule has 0 unspecified atom stereocenters. The number of halogens is 1. The SMILES string of the molecule is CON(C)C(=O)C[C@H](F)c1ccccc1C. The molecule has 16 heavy (non-hydrogen) atoms. The Balaban J connectivity index is 2.69. The number of hydroxylamine groups is 2. The largest absolute Gasteiger partial charge is 0.275 e. The molecule has 0 spiro atoms. The second-order valence-electron chi connectivity index (χ2n) is 3.60. The molecule has 1 aromatic rings. The fourth-order valence-corrected chi connectivity index (χ4v) is 1.43. The smallest absolute Gasteiger partial charge is 0.249 e. The average molecular weight is 225 g/mol. The number of aryl methyl sites for hydroxylation is 1. The molecule has 0 aliphatic rings. The summed E-state index contributed by atoms with van der Waals surface area (Å²) >= 11 is 0. The lowest BCUT2D eigenvalue weighted by molar-refractivity contribution is -0.169. The second-order valence-corrected chi connectivity index (χ2v) is 3.60. The third-order valence-corrected chi connectivity index (χ3v) is 2.50. The molecule has 0 aliphatic carbocycles. The number of nitrogens with zero attached hydrogens (tertiary/aromatic N) is 1. The monoisotopic (exact) mass is 225 g/mol. The van der Waals surface area contributed by atoms with Crippen LogP contribution >= 0.6 is 0 Å². The summed E-state index contributed by atoms with van der Waals surface area (Å²) in [5.74, 6) is -0.377. The van der Waals surface area contributed by atoms with Crippen LogP contribution in [-0.4, -0.2) is 25.1 Å². The minimum atomic E-state index is -1.29. The highest BCUT2D eigenvalue weighted by Gasteiger charge is 2.19. The third-order valence-electron chi connectivity index (χ3n) is 2.50. The van der Waals surface area contributed by atoms with E-state index < -0.39 is 6.17 Å². The summed E-state index contributed by atoms with van der Waals surface area (Å²) < 4.78 is 13.8. The maximum absolute atomic E-state index is 13.8. The number of alkyl halides is 1. The first kappa shape index (κ1) is 12.6. The van der Waals surface area contributed by atoms with E-state index in [0.29, 0.717) is 5.56 Å². The molecular weight excluding hydrogens is 209 g/mol. The molecule has 1 rings (SSSR count). The summed E-state index contributed by atoms with van der Waals surface area (Å²) in [6.45, 7) is 1.83. The number of carbonyl (C=O) groups excluding carboxylic acids is 1. The normalized spacial score (nSPS) is 12.2. The van der Waals surface area contributed by atoms with Gasteiger partial charge in [-0.3, -0.25) is 9.63 Å². The van der Waals surface area contributed by atoms with Gasteiger partial charge in [0.05, 0.1) is 13.5 Å². The molecule has 0 radical (unpaired) electrons. The standard InChI is InChI=1S/C12H16FNO2/c1-9-6-4-5-7-10(9)11(13)8-12(15)14(2)16-3/h4-7,11H,8H2,1-3H3/t11-/m0/s1. The number of hydrogen-bond donors (Lipinski definition) is 0. The lowest BCUT2D eigenvalue weighted by atomic mass is 10.0. The van der Waals surface area contributed by atoms with E-state index in [4.69, 9.17) is 4.84 Å². The Labute approximate surface area is 94.8 Å². The first-order chi connectivity index (χ1) is 7.56. The Morgan fingerprint density at radius 2 is 2.12 bits per heavy atom. The highest BCUT2D eigenvalue weighted by molar-refractivity contribution is 5.75. The van der Waals surface area contributed by atoms with Crippen LogP contribution in [0.2, 0.25) is 0 Å². The number of amides is 1. The van der Waals surface area contributed by atoms with Crippen molar-refractivity contribution in [3.05, 3.63) is 35.4 Å². The van der Waals surface area contributed by atoms with Crippen LogP contribution < -0.4 is 0 Å². The lowest BCUT2D eigenvalue weighted by Gasteiger charge is -2.16. The fourth-order valence-electron chi connectivity index (χ4n) is 1.43. The number of carbonyl (C=O) groups is 1. The molecule has 88 valence electrons. The van der Waals surface area contributed by atoms with Gasteiger partial charge >= 0.3 is 0 Å². The van der Waals surface area contributed by atoms with Gasteiger partial charge in [0, 0.05) is 7.05 Å². The lowest BCUT2D eigenvalue weighted by Crippen LogP contribution is -2.26. The molecule has 0 aromatic heterocycles. The van der Waals surface area contributed by atoms with Crippen LogP contribution in [-0.2, 0) is 9.63 Å². The van der Waals surface area contributed by atoms with Gasteiger partial charge in [-0.05, 0) is 18.1 Å². The van der Waals surface area contributed by atoms with Crippen molar-refractivity contribution in [1.29, 1.82) is 0 Å². The van der Waals surface area contributed by atoms with Crippen LogP contribution in [0.1, 0.15) is 23.7 Å². The van der Waals surface area contributed by atoms with Crippen molar-refractivity contribution >= 4 is 5.91 Å². The molecule has 1 amide bonds. The van der Waals surface area contributed by atoms with Gasteiger partial charge in [0.25, 0.3) is 0 Å². The third kappa shape index (κ3) is 3.03. The molecule has 0 saturated heterocycles. The molecule has 1 aromatic carbocycles. The summed E-state index contributed by atoms with van der Waals surface area (Å²) in [6.07, 6.45) is -1.49. The van der Waals surface area contributed by atoms with E-state index in [1.807, 2.05) is 19.1 Å². The zero-order valence-electron chi connectivity index (χ0n) is 9.74. The Morgan fingerprint density at radius 3 is 2.69 bits per heavy atom. The zero-order valence-corrected chi connectivity index (χ0v) is 9.74. The van der Waals surface area contributed by atoms with E-state index in [-0.39, 0.29) is 12.3 Å². The van der Waals surface area contributed by atoms with Gasteiger partial charge in [0.2, 0.25) is 5.91 Å². The second kappa shape index (κ2) is 5.61.